The molecule has 108 valence electrons. The van der Waals surface area contributed by atoms with Gasteiger partial charge in [-0.2, -0.15) is 0 Å². The van der Waals surface area contributed by atoms with Crippen LogP contribution in [0.4, 0.5) is 10.5 Å². The lowest BCUT2D eigenvalue weighted by molar-refractivity contribution is 0.0472. The first-order chi connectivity index (χ1) is 10.1. The van der Waals surface area contributed by atoms with Crippen molar-refractivity contribution in [3.05, 3.63) is 64.1 Å². The van der Waals surface area contributed by atoms with Crippen LogP contribution in [0.25, 0.3) is 0 Å². The fraction of sp³-hybridized carbons (Fsp3) is 0.0667. The third-order valence-corrected chi connectivity index (χ3v) is 3.48. The summed E-state index contributed by atoms with van der Waals surface area (Å²) in [5, 5.41) is 2.42. The smallest absolute Gasteiger partial charge is 0.338 e. The van der Waals surface area contributed by atoms with E-state index in [2.05, 4.69) is 21.2 Å². The third kappa shape index (κ3) is 4.32. The van der Waals surface area contributed by atoms with E-state index >= 15 is 0 Å². The number of nitrogens with one attached hydrogen (secondary N) is 1. The molecule has 6 heteroatoms. The molecule has 2 amide bonds. The first-order valence-electron chi connectivity index (χ1n) is 6.13. The van der Waals surface area contributed by atoms with Crippen molar-refractivity contribution >= 4 is 33.6 Å². The third-order valence-electron chi connectivity index (χ3n) is 2.70. The number of halogens is 1. The number of anilines is 1. The van der Waals surface area contributed by atoms with E-state index in [1.165, 1.54) is 0 Å². The number of amides is 2. The molecule has 0 aliphatic rings. The molecule has 0 saturated heterocycles. The van der Waals surface area contributed by atoms with Gasteiger partial charge in [0, 0.05) is 15.7 Å². The van der Waals surface area contributed by atoms with Crippen LogP contribution in [0.15, 0.2) is 53.0 Å². The SMILES string of the molecule is NC(=O)Nc1ccc(C(=O)OCc2ccccc2Br)cc1. The molecule has 0 aromatic heterocycles. The number of carbonyl (C=O) groups excluding carboxylic acids is 2. The van der Waals surface area contributed by atoms with Crippen LogP contribution in [-0.4, -0.2) is 12.0 Å². The van der Waals surface area contributed by atoms with Crippen molar-refractivity contribution in [2.24, 2.45) is 5.73 Å². The Bertz CT molecular complexity index is 656. The summed E-state index contributed by atoms with van der Waals surface area (Å²) < 4.78 is 6.12. The molecule has 0 radical (unpaired) electrons. The number of esters is 1. The standard InChI is InChI=1S/C15H13BrN2O3/c16-13-4-2-1-3-11(13)9-21-14(19)10-5-7-12(8-6-10)18-15(17)20/h1-8H,9H2,(H3,17,18,20). The van der Waals surface area contributed by atoms with Gasteiger partial charge in [-0.25, -0.2) is 9.59 Å². The number of benzene rings is 2. The highest BCUT2D eigenvalue weighted by atomic mass is 79.9. The lowest BCUT2D eigenvalue weighted by Crippen LogP contribution is -2.19. The fourth-order valence-corrected chi connectivity index (χ4v) is 2.07. The predicted octanol–water partition coefficient (Wildman–Crippen LogP) is 3.30. The molecule has 0 aliphatic heterocycles. The summed E-state index contributed by atoms with van der Waals surface area (Å²) in [6, 6.07) is 13.2. The van der Waals surface area contributed by atoms with Gasteiger partial charge in [-0.05, 0) is 30.3 Å². The Balaban J connectivity index is 1.97. The number of nitrogens with two attached hydrogens (primary N) is 1. The monoisotopic (exact) mass is 348 g/mol. The van der Waals surface area contributed by atoms with Gasteiger partial charge in [-0.3, -0.25) is 0 Å². The number of urea groups is 1. The summed E-state index contributed by atoms with van der Waals surface area (Å²) in [5.41, 5.74) is 6.81. The second-order valence-corrected chi connectivity index (χ2v) is 5.09. The topological polar surface area (TPSA) is 81.4 Å². The quantitative estimate of drug-likeness (QED) is 0.831. The van der Waals surface area contributed by atoms with Crippen molar-refractivity contribution in [3.63, 3.8) is 0 Å². The van der Waals surface area contributed by atoms with Crippen molar-refractivity contribution in [1.29, 1.82) is 0 Å². The highest BCUT2D eigenvalue weighted by Gasteiger charge is 2.08. The van der Waals surface area contributed by atoms with Crippen LogP contribution < -0.4 is 11.1 Å². The molecule has 0 bridgehead atoms. The molecular weight excluding hydrogens is 336 g/mol. The lowest BCUT2D eigenvalue weighted by atomic mass is 10.2. The Kier molecular flexibility index (Phi) is 4.94. The van der Waals surface area contributed by atoms with E-state index < -0.39 is 12.0 Å². The number of primary amides is 1. The molecule has 0 heterocycles. The van der Waals surface area contributed by atoms with Crippen molar-refractivity contribution in [3.8, 4) is 0 Å². The Morgan fingerprint density at radius 1 is 1.10 bits per heavy atom. The molecule has 0 spiro atoms. The van der Waals surface area contributed by atoms with Crippen LogP contribution in [0.2, 0.25) is 0 Å². The normalized spacial score (nSPS) is 9.95. The van der Waals surface area contributed by atoms with Crippen LogP contribution in [0, 0.1) is 0 Å². The van der Waals surface area contributed by atoms with E-state index in [-0.39, 0.29) is 6.61 Å². The second kappa shape index (κ2) is 6.90. The Hall–Kier alpha value is -2.34. The van der Waals surface area contributed by atoms with E-state index in [0.29, 0.717) is 11.3 Å². The van der Waals surface area contributed by atoms with Gasteiger partial charge in [0.2, 0.25) is 0 Å². The van der Waals surface area contributed by atoms with Crippen LogP contribution >= 0.6 is 15.9 Å². The van der Waals surface area contributed by atoms with Gasteiger partial charge >= 0.3 is 12.0 Å². The summed E-state index contributed by atoms with van der Waals surface area (Å²) in [4.78, 5) is 22.6. The summed E-state index contributed by atoms with van der Waals surface area (Å²) in [6.07, 6.45) is 0. The largest absolute Gasteiger partial charge is 0.457 e. The maximum absolute atomic E-state index is 11.9. The van der Waals surface area contributed by atoms with Gasteiger partial charge < -0.3 is 15.8 Å². The van der Waals surface area contributed by atoms with E-state index in [9.17, 15) is 9.59 Å². The Morgan fingerprint density at radius 2 is 1.76 bits per heavy atom. The van der Waals surface area contributed by atoms with Gasteiger partial charge in [0.25, 0.3) is 0 Å². The van der Waals surface area contributed by atoms with Gasteiger partial charge in [-0.15, -0.1) is 0 Å². The molecule has 0 atom stereocenters. The molecule has 0 saturated carbocycles. The summed E-state index contributed by atoms with van der Waals surface area (Å²) in [7, 11) is 0. The zero-order valence-electron chi connectivity index (χ0n) is 11.0. The van der Waals surface area contributed by atoms with Crippen molar-refractivity contribution in [1.82, 2.24) is 0 Å². The molecule has 0 unspecified atom stereocenters. The van der Waals surface area contributed by atoms with Gasteiger partial charge in [0.1, 0.15) is 6.61 Å². The van der Waals surface area contributed by atoms with Crippen LogP contribution in [0.3, 0.4) is 0 Å². The highest BCUT2D eigenvalue weighted by molar-refractivity contribution is 9.10. The average molecular weight is 349 g/mol. The van der Waals surface area contributed by atoms with E-state index in [0.717, 1.165) is 10.0 Å². The van der Waals surface area contributed by atoms with Gasteiger partial charge in [0.15, 0.2) is 0 Å². The summed E-state index contributed by atoms with van der Waals surface area (Å²) in [6.45, 7) is 0.182. The van der Waals surface area contributed by atoms with Crippen LogP contribution in [-0.2, 0) is 11.3 Å². The number of hydrogen-bond acceptors (Lipinski definition) is 3. The van der Waals surface area contributed by atoms with Gasteiger partial charge in [-0.1, -0.05) is 34.1 Å². The molecule has 2 rings (SSSR count). The minimum atomic E-state index is -0.653. The number of rotatable bonds is 4. The molecule has 21 heavy (non-hydrogen) atoms. The zero-order chi connectivity index (χ0) is 15.2. The average Bonchev–Trinajstić information content (AvgIpc) is 2.46. The molecule has 5 nitrogen and oxygen atoms in total. The number of hydrogen-bond donors (Lipinski definition) is 2. The Morgan fingerprint density at radius 3 is 2.38 bits per heavy atom. The minimum Gasteiger partial charge on any atom is -0.457 e. The zero-order valence-corrected chi connectivity index (χ0v) is 12.6. The predicted molar refractivity (Wildman–Crippen MR) is 82.9 cm³/mol. The summed E-state index contributed by atoms with van der Waals surface area (Å²) >= 11 is 3.39. The number of carbonyl (C=O) groups is 2. The van der Waals surface area contributed by atoms with E-state index in [1.807, 2.05) is 24.3 Å². The molecule has 0 aliphatic carbocycles. The van der Waals surface area contributed by atoms with E-state index in [1.54, 1.807) is 24.3 Å². The first-order valence-corrected chi connectivity index (χ1v) is 6.92. The van der Waals surface area contributed by atoms with Crippen molar-refractivity contribution < 1.29 is 14.3 Å². The first kappa shape index (κ1) is 15.1. The lowest BCUT2D eigenvalue weighted by Gasteiger charge is -2.07. The molecule has 3 N–H and O–H groups in total. The van der Waals surface area contributed by atoms with Crippen molar-refractivity contribution in [2.45, 2.75) is 6.61 Å². The number of ether oxygens (including phenoxy) is 1. The fourth-order valence-electron chi connectivity index (χ4n) is 1.67. The van der Waals surface area contributed by atoms with E-state index in [4.69, 9.17) is 10.5 Å². The van der Waals surface area contributed by atoms with Gasteiger partial charge in [0.05, 0.1) is 5.56 Å². The highest BCUT2D eigenvalue weighted by Crippen LogP contribution is 2.17. The molecule has 2 aromatic rings. The van der Waals surface area contributed by atoms with Crippen LogP contribution in [0.1, 0.15) is 15.9 Å². The molecule has 0 fully saturated rings. The molecule has 2 aromatic carbocycles. The second-order valence-electron chi connectivity index (χ2n) is 4.23. The maximum Gasteiger partial charge on any atom is 0.338 e. The molecular formula is C15H13BrN2O3. The van der Waals surface area contributed by atoms with Crippen molar-refractivity contribution in [2.75, 3.05) is 5.32 Å². The minimum absolute atomic E-state index is 0.182. The Labute approximate surface area is 130 Å². The summed E-state index contributed by atoms with van der Waals surface area (Å²) in [5.74, 6) is -0.434. The van der Waals surface area contributed by atoms with Crippen LogP contribution in [0.5, 0.6) is 0 Å². The maximum atomic E-state index is 11.9.